The van der Waals surface area contributed by atoms with E-state index in [1.165, 1.54) is 18.2 Å². The topological polar surface area (TPSA) is 112 Å². The van der Waals surface area contributed by atoms with E-state index in [1.54, 1.807) is 22.8 Å². The molecule has 186 valence electrons. The minimum absolute atomic E-state index is 0.112. The largest absolute Gasteiger partial charge is 0.367 e. The van der Waals surface area contributed by atoms with E-state index in [-0.39, 0.29) is 18.1 Å². The van der Waals surface area contributed by atoms with Crippen molar-refractivity contribution in [2.24, 2.45) is 0 Å². The van der Waals surface area contributed by atoms with Crippen molar-refractivity contribution in [3.63, 3.8) is 0 Å². The number of hydrogen-bond donors (Lipinski definition) is 4. The number of nitrogens with one attached hydrogen (secondary N) is 4. The van der Waals surface area contributed by atoms with Gasteiger partial charge in [-0.3, -0.25) is 10.1 Å². The molecule has 2 fully saturated rings. The molecule has 2 aliphatic rings. The van der Waals surface area contributed by atoms with Gasteiger partial charge in [0.2, 0.25) is 0 Å². The molecule has 37 heavy (non-hydrogen) atoms. The van der Waals surface area contributed by atoms with Crippen molar-refractivity contribution in [2.45, 2.75) is 25.4 Å². The molecule has 0 bridgehead atoms. The van der Waals surface area contributed by atoms with Crippen LogP contribution in [0, 0.1) is 5.82 Å². The zero-order chi connectivity index (χ0) is 25.5. The number of imide groups is 1. The number of hydrogen-bond acceptors (Lipinski definition) is 6. The molecule has 3 heterocycles. The number of carbonyl (C=O) groups excluding carboxylic acids is 2. The van der Waals surface area contributed by atoms with Crippen molar-refractivity contribution in [3.05, 3.63) is 82.4 Å². The van der Waals surface area contributed by atoms with Crippen molar-refractivity contribution in [1.29, 1.82) is 0 Å². The van der Waals surface area contributed by atoms with Gasteiger partial charge in [0, 0.05) is 34.8 Å². The maximum Gasteiger partial charge on any atom is 0.326 e. The average molecular weight is 518 g/mol. The molecule has 4 N–H and O–H groups in total. The van der Waals surface area contributed by atoms with Crippen LogP contribution < -0.4 is 21.3 Å². The first-order valence-corrected chi connectivity index (χ1v) is 12.1. The Hall–Kier alpha value is -4.44. The zero-order valence-electron chi connectivity index (χ0n) is 19.4. The molecule has 4 aromatic rings. The summed E-state index contributed by atoms with van der Waals surface area (Å²) in [5.41, 5.74) is 3.49. The highest BCUT2D eigenvalue weighted by Crippen LogP contribution is 2.32. The molecule has 0 atom stereocenters. The summed E-state index contributed by atoms with van der Waals surface area (Å²) in [5.74, 6) is 0.386. The number of benzene rings is 2. The lowest BCUT2D eigenvalue weighted by atomic mass is 9.99. The fourth-order valence-corrected chi connectivity index (χ4v) is 4.42. The molecule has 1 saturated heterocycles. The maximum atomic E-state index is 14.2. The van der Waals surface area contributed by atoms with E-state index in [2.05, 4.69) is 26.4 Å². The van der Waals surface area contributed by atoms with Crippen LogP contribution in [0.2, 0.25) is 5.02 Å². The predicted molar refractivity (Wildman–Crippen MR) is 138 cm³/mol. The van der Waals surface area contributed by atoms with E-state index < -0.39 is 11.9 Å². The summed E-state index contributed by atoms with van der Waals surface area (Å²) in [6.07, 6.45) is 5.22. The van der Waals surface area contributed by atoms with Crippen LogP contribution in [0.15, 0.2) is 60.4 Å². The van der Waals surface area contributed by atoms with E-state index in [4.69, 9.17) is 16.6 Å². The fourth-order valence-electron chi connectivity index (χ4n) is 4.19. The summed E-state index contributed by atoms with van der Waals surface area (Å²) in [6, 6.07) is 13.6. The van der Waals surface area contributed by atoms with E-state index in [1.807, 2.05) is 24.3 Å². The van der Waals surface area contributed by atoms with Gasteiger partial charge in [-0.15, -0.1) is 0 Å². The third-order valence-electron chi connectivity index (χ3n) is 6.14. The Morgan fingerprint density at radius 2 is 1.95 bits per heavy atom. The van der Waals surface area contributed by atoms with E-state index in [0.29, 0.717) is 33.7 Å². The maximum absolute atomic E-state index is 14.2. The van der Waals surface area contributed by atoms with E-state index in [0.717, 1.165) is 29.8 Å². The van der Waals surface area contributed by atoms with Gasteiger partial charge in [0.1, 0.15) is 23.1 Å². The molecule has 0 unspecified atom stereocenters. The molecule has 1 aliphatic heterocycles. The van der Waals surface area contributed by atoms with Gasteiger partial charge >= 0.3 is 6.03 Å². The molecular weight excluding hydrogens is 497 g/mol. The molecule has 9 nitrogen and oxygen atoms in total. The highest BCUT2D eigenvalue weighted by molar-refractivity contribution is 6.33. The lowest BCUT2D eigenvalue weighted by molar-refractivity contribution is -0.115. The zero-order valence-corrected chi connectivity index (χ0v) is 20.1. The van der Waals surface area contributed by atoms with Crippen LogP contribution in [-0.2, 0) is 11.3 Å². The van der Waals surface area contributed by atoms with Gasteiger partial charge in [0.15, 0.2) is 5.65 Å². The summed E-state index contributed by atoms with van der Waals surface area (Å²) in [7, 11) is 0. The van der Waals surface area contributed by atoms with Crippen molar-refractivity contribution < 1.29 is 14.0 Å². The number of carbonyl (C=O) groups is 2. The molecule has 11 heteroatoms. The highest BCUT2D eigenvalue weighted by atomic mass is 35.5. The quantitative estimate of drug-likeness (QED) is 0.211. The number of anilines is 2. The second-order valence-electron chi connectivity index (χ2n) is 8.88. The Bertz CT molecular complexity index is 1600. The second-order valence-corrected chi connectivity index (χ2v) is 9.29. The first-order valence-electron chi connectivity index (χ1n) is 11.7. The minimum Gasteiger partial charge on any atom is -0.367 e. The average Bonchev–Trinajstić information content (AvgIpc) is 3.51. The van der Waals surface area contributed by atoms with Gasteiger partial charge in [-0.1, -0.05) is 35.9 Å². The van der Waals surface area contributed by atoms with Crippen LogP contribution in [0.25, 0.3) is 22.9 Å². The summed E-state index contributed by atoms with van der Waals surface area (Å²) in [6.45, 7) is 0.285. The van der Waals surface area contributed by atoms with Crippen LogP contribution >= 0.6 is 11.6 Å². The summed E-state index contributed by atoms with van der Waals surface area (Å²) >= 11 is 6.42. The van der Waals surface area contributed by atoms with Gasteiger partial charge in [0.25, 0.3) is 5.91 Å². The number of halogens is 2. The van der Waals surface area contributed by atoms with Crippen LogP contribution in [-0.4, -0.2) is 32.6 Å². The monoisotopic (exact) mass is 517 g/mol. The standard InChI is InChI=1S/C26H21ClFN7O2/c27-20-4-2-1-3-19(20)18-8-5-16(28)9-14(18)12-29-22-11-23(31-17-6-7-17)35-24(33-22)15(13-30-35)10-21-25(36)34-26(37)32-21/h1-5,8-11,13,17,31H,6-7,12H2,(H,29,33)(H2,32,34,36,37)/b21-10+. The molecule has 0 radical (unpaired) electrons. The number of fused-ring (bicyclic) bond motifs is 1. The SMILES string of the molecule is O=C1NC(=O)/C(=C\c2cnn3c(NC4CC4)cc(NCc4cc(F)ccc4-c4ccccc4Cl)nc23)N1. The van der Waals surface area contributed by atoms with Crippen LogP contribution in [0.5, 0.6) is 0 Å². The Morgan fingerprint density at radius 1 is 1.11 bits per heavy atom. The molecule has 1 saturated carbocycles. The third-order valence-corrected chi connectivity index (χ3v) is 6.47. The Kier molecular flexibility index (Phi) is 5.72. The number of rotatable bonds is 7. The number of urea groups is 1. The molecule has 6 rings (SSSR count). The van der Waals surface area contributed by atoms with E-state index >= 15 is 0 Å². The van der Waals surface area contributed by atoms with Crippen LogP contribution in [0.1, 0.15) is 24.0 Å². The van der Waals surface area contributed by atoms with Gasteiger partial charge < -0.3 is 16.0 Å². The van der Waals surface area contributed by atoms with E-state index in [9.17, 15) is 14.0 Å². The van der Waals surface area contributed by atoms with Gasteiger partial charge in [0.05, 0.1) is 6.20 Å². The number of nitrogens with zero attached hydrogens (tertiary/aromatic N) is 3. The predicted octanol–water partition coefficient (Wildman–Crippen LogP) is 4.56. The fraction of sp³-hybridized carbons (Fsp3) is 0.154. The minimum atomic E-state index is -0.580. The van der Waals surface area contributed by atoms with Crippen LogP contribution in [0.4, 0.5) is 20.8 Å². The summed E-state index contributed by atoms with van der Waals surface area (Å²) in [5, 5.41) is 16.4. The molecule has 2 aromatic heterocycles. The van der Waals surface area contributed by atoms with Crippen molar-refractivity contribution in [3.8, 4) is 11.1 Å². The second kappa shape index (κ2) is 9.21. The van der Waals surface area contributed by atoms with Crippen LogP contribution in [0.3, 0.4) is 0 Å². The van der Waals surface area contributed by atoms with Gasteiger partial charge in [-0.25, -0.2) is 14.2 Å². The number of aromatic nitrogens is 3. The first-order chi connectivity index (χ1) is 17.9. The summed E-state index contributed by atoms with van der Waals surface area (Å²) < 4.78 is 15.9. The lowest BCUT2D eigenvalue weighted by Gasteiger charge is -2.14. The molecule has 3 amide bonds. The molecule has 1 aliphatic carbocycles. The molecule has 0 spiro atoms. The Labute approximate surface area is 215 Å². The van der Waals surface area contributed by atoms with Gasteiger partial charge in [-0.2, -0.15) is 9.61 Å². The van der Waals surface area contributed by atoms with Crippen molar-refractivity contribution in [1.82, 2.24) is 25.2 Å². The molecule has 2 aromatic carbocycles. The Morgan fingerprint density at radius 3 is 2.70 bits per heavy atom. The highest BCUT2D eigenvalue weighted by Gasteiger charge is 2.25. The van der Waals surface area contributed by atoms with Gasteiger partial charge in [-0.05, 0) is 48.2 Å². The Balaban J connectivity index is 1.36. The van der Waals surface area contributed by atoms with Crippen molar-refractivity contribution in [2.75, 3.05) is 10.6 Å². The lowest BCUT2D eigenvalue weighted by Crippen LogP contribution is -2.22. The molecular formula is C26H21ClFN7O2. The smallest absolute Gasteiger partial charge is 0.326 e. The van der Waals surface area contributed by atoms with Crippen molar-refractivity contribution >= 4 is 46.9 Å². The number of amides is 3. The summed E-state index contributed by atoms with van der Waals surface area (Å²) in [4.78, 5) is 28.2. The first kappa shape index (κ1) is 23.0. The third kappa shape index (κ3) is 4.70. The normalized spacial score (nSPS) is 16.2.